The van der Waals surface area contributed by atoms with E-state index < -0.39 is 18.5 Å². The number of carbonyl (C=O) groups excluding carboxylic acids is 3. The number of benzene rings is 3. The van der Waals surface area contributed by atoms with Crippen LogP contribution >= 0.6 is 0 Å². The van der Waals surface area contributed by atoms with Gasteiger partial charge in [0.2, 0.25) is 5.91 Å². The van der Waals surface area contributed by atoms with Crippen molar-refractivity contribution >= 4 is 29.2 Å². The number of amides is 2. The minimum Gasteiger partial charge on any atom is -0.457 e. The Morgan fingerprint density at radius 1 is 0.727 bits per heavy atom. The fourth-order valence-electron chi connectivity index (χ4n) is 2.97. The van der Waals surface area contributed by atoms with Gasteiger partial charge in [0.25, 0.3) is 5.91 Å². The van der Waals surface area contributed by atoms with Crippen LogP contribution in [0.2, 0.25) is 0 Å². The van der Waals surface area contributed by atoms with Gasteiger partial charge in [-0.3, -0.25) is 14.4 Å². The minimum atomic E-state index is -0.527. The van der Waals surface area contributed by atoms with Crippen LogP contribution in [0.25, 0.3) is 0 Å². The number of nitrogens with one attached hydrogen (secondary N) is 2. The fourth-order valence-corrected chi connectivity index (χ4v) is 2.97. The number of rotatable bonds is 10. The minimum absolute atomic E-state index is 0.0555. The molecular weight excluding hydrogens is 420 g/mol. The molecule has 0 unspecified atom stereocenters. The Morgan fingerprint density at radius 3 is 2.12 bits per heavy atom. The highest BCUT2D eigenvalue weighted by atomic mass is 16.5. The molecule has 0 aliphatic rings. The second-order valence-corrected chi connectivity index (χ2v) is 7.37. The normalized spacial score (nSPS) is 10.2. The van der Waals surface area contributed by atoms with Crippen molar-refractivity contribution < 1.29 is 23.9 Å². The van der Waals surface area contributed by atoms with Crippen LogP contribution < -0.4 is 15.4 Å². The lowest BCUT2D eigenvalue weighted by molar-refractivity contribution is -0.147. The smallest absolute Gasteiger partial charge is 0.306 e. The first-order valence-corrected chi connectivity index (χ1v) is 10.6. The summed E-state index contributed by atoms with van der Waals surface area (Å²) >= 11 is 0. The van der Waals surface area contributed by atoms with E-state index in [1.54, 1.807) is 24.3 Å². The first-order valence-electron chi connectivity index (χ1n) is 10.6. The monoisotopic (exact) mass is 446 g/mol. The lowest BCUT2D eigenvalue weighted by Crippen LogP contribution is -2.21. The second kappa shape index (κ2) is 12.0. The number of esters is 1. The van der Waals surface area contributed by atoms with Gasteiger partial charge >= 0.3 is 5.97 Å². The standard InChI is InChI=1S/C26H26N2O5/c1-19-8-5-6-11-23(19)28-24(29)12-7-13-26(31)32-18-25(30)27-20-14-16-22(17-15-20)33-21-9-3-2-4-10-21/h2-6,8-11,14-17H,7,12-13,18H2,1H3,(H,27,30)(H,28,29). The molecule has 2 N–H and O–H groups in total. The zero-order chi connectivity index (χ0) is 23.5. The predicted molar refractivity (Wildman–Crippen MR) is 126 cm³/mol. The van der Waals surface area contributed by atoms with E-state index in [1.165, 1.54) is 0 Å². The van der Waals surface area contributed by atoms with E-state index >= 15 is 0 Å². The van der Waals surface area contributed by atoms with Gasteiger partial charge in [0, 0.05) is 24.2 Å². The molecule has 0 aliphatic heterocycles. The molecule has 0 heterocycles. The van der Waals surface area contributed by atoms with Crippen LogP contribution in [0.1, 0.15) is 24.8 Å². The van der Waals surface area contributed by atoms with Gasteiger partial charge in [0.15, 0.2) is 6.61 Å². The van der Waals surface area contributed by atoms with Gasteiger partial charge in [-0.15, -0.1) is 0 Å². The Labute approximate surface area is 192 Å². The van der Waals surface area contributed by atoms with E-state index in [0.717, 1.165) is 11.3 Å². The molecule has 2 amide bonds. The number of hydrogen-bond acceptors (Lipinski definition) is 5. The van der Waals surface area contributed by atoms with Gasteiger partial charge in [-0.05, 0) is 61.4 Å². The van der Waals surface area contributed by atoms with E-state index in [4.69, 9.17) is 9.47 Å². The molecule has 7 nitrogen and oxygen atoms in total. The van der Waals surface area contributed by atoms with Crippen molar-refractivity contribution in [1.82, 2.24) is 0 Å². The maximum absolute atomic E-state index is 12.0. The summed E-state index contributed by atoms with van der Waals surface area (Å²) in [5.74, 6) is 0.207. The summed E-state index contributed by atoms with van der Waals surface area (Å²) in [6.45, 7) is 1.52. The number of anilines is 2. The van der Waals surface area contributed by atoms with Gasteiger partial charge in [-0.1, -0.05) is 36.4 Å². The van der Waals surface area contributed by atoms with E-state index in [2.05, 4.69) is 10.6 Å². The lowest BCUT2D eigenvalue weighted by atomic mass is 10.2. The largest absolute Gasteiger partial charge is 0.457 e. The Morgan fingerprint density at radius 2 is 1.39 bits per heavy atom. The van der Waals surface area contributed by atoms with Gasteiger partial charge in [0.05, 0.1) is 0 Å². The maximum atomic E-state index is 12.0. The summed E-state index contributed by atoms with van der Waals surface area (Å²) in [4.78, 5) is 35.9. The van der Waals surface area contributed by atoms with Crippen LogP contribution in [-0.2, 0) is 19.1 Å². The van der Waals surface area contributed by atoms with E-state index in [1.807, 2.05) is 61.5 Å². The highest BCUT2D eigenvalue weighted by molar-refractivity contribution is 5.93. The molecule has 0 radical (unpaired) electrons. The summed E-state index contributed by atoms with van der Waals surface area (Å²) in [5, 5.41) is 5.47. The van der Waals surface area contributed by atoms with E-state index in [9.17, 15) is 14.4 Å². The molecule has 0 bridgehead atoms. The van der Waals surface area contributed by atoms with Crippen LogP contribution in [-0.4, -0.2) is 24.4 Å². The molecular formula is C26H26N2O5. The molecule has 3 aromatic carbocycles. The van der Waals surface area contributed by atoms with Crippen molar-refractivity contribution in [2.24, 2.45) is 0 Å². The topological polar surface area (TPSA) is 93.7 Å². The average molecular weight is 447 g/mol. The van der Waals surface area contributed by atoms with Crippen molar-refractivity contribution in [3.05, 3.63) is 84.4 Å². The Hall–Kier alpha value is -4.13. The molecule has 0 aromatic heterocycles. The van der Waals surface area contributed by atoms with Crippen molar-refractivity contribution in [3.8, 4) is 11.5 Å². The lowest BCUT2D eigenvalue weighted by Gasteiger charge is -2.09. The maximum Gasteiger partial charge on any atom is 0.306 e. The average Bonchev–Trinajstić information content (AvgIpc) is 2.81. The van der Waals surface area contributed by atoms with Gasteiger partial charge in [0.1, 0.15) is 11.5 Å². The van der Waals surface area contributed by atoms with Crippen LogP contribution in [0, 0.1) is 6.92 Å². The molecule has 0 saturated heterocycles. The van der Waals surface area contributed by atoms with Crippen molar-refractivity contribution in [1.29, 1.82) is 0 Å². The number of hydrogen-bond donors (Lipinski definition) is 2. The Kier molecular flexibility index (Phi) is 8.59. The molecule has 7 heteroatoms. The van der Waals surface area contributed by atoms with E-state index in [0.29, 0.717) is 23.6 Å². The van der Waals surface area contributed by atoms with Crippen LogP contribution in [0.15, 0.2) is 78.9 Å². The molecule has 3 aromatic rings. The third-order valence-electron chi connectivity index (χ3n) is 4.69. The molecule has 0 spiro atoms. The molecule has 0 saturated carbocycles. The third-order valence-corrected chi connectivity index (χ3v) is 4.69. The molecule has 0 fully saturated rings. The number of aryl methyl sites for hydroxylation is 1. The SMILES string of the molecule is Cc1ccccc1NC(=O)CCCC(=O)OCC(=O)Nc1ccc(Oc2ccccc2)cc1. The van der Waals surface area contributed by atoms with Gasteiger partial charge < -0.3 is 20.1 Å². The molecule has 0 atom stereocenters. The second-order valence-electron chi connectivity index (χ2n) is 7.37. The Bertz CT molecular complexity index is 1080. The summed E-state index contributed by atoms with van der Waals surface area (Å²) in [5.41, 5.74) is 2.28. The fraction of sp³-hybridized carbons (Fsp3) is 0.192. The third kappa shape index (κ3) is 8.14. The van der Waals surface area contributed by atoms with Crippen LogP contribution in [0.4, 0.5) is 11.4 Å². The first kappa shape index (κ1) is 23.5. The summed E-state index contributed by atoms with van der Waals surface area (Å²) in [6.07, 6.45) is 0.577. The van der Waals surface area contributed by atoms with Gasteiger partial charge in [-0.25, -0.2) is 0 Å². The molecule has 170 valence electrons. The number of ether oxygens (including phenoxy) is 2. The number of carbonyl (C=O) groups is 3. The molecule has 33 heavy (non-hydrogen) atoms. The van der Waals surface area contributed by atoms with Crippen LogP contribution in [0.3, 0.4) is 0 Å². The predicted octanol–water partition coefficient (Wildman–Crippen LogP) is 5.08. The number of para-hydroxylation sites is 2. The first-order chi connectivity index (χ1) is 16.0. The zero-order valence-corrected chi connectivity index (χ0v) is 18.4. The zero-order valence-electron chi connectivity index (χ0n) is 18.4. The van der Waals surface area contributed by atoms with E-state index in [-0.39, 0.29) is 18.7 Å². The highest BCUT2D eigenvalue weighted by Crippen LogP contribution is 2.22. The van der Waals surface area contributed by atoms with Crippen molar-refractivity contribution in [2.75, 3.05) is 17.2 Å². The van der Waals surface area contributed by atoms with Crippen LogP contribution in [0.5, 0.6) is 11.5 Å². The summed E-state index contributed by atoms with van der Waals surface area (Å²) < 4.78 is 10.7. The van der Waals surface area contributed by atoms with Gasteiger partial charge in [-0.2, -0.15) is 0 Å². The highest BCUT2D eigenvalue weighted by Gasteiger charge is 2.10. The molecule has 0 aliphatic carbocycles. The summed E-state index contributed by atoms with van der Waals surface area (Å²) in [7, 11) is 0. The van der Waals surface area contributed by atoms with Crippen molar-refractivity contribution in [2.45, 2.75) is 26.2 Å². The van der Waals surface area contributed by atoms with Crippen molar-refractivity contribution in [3.63, 3.8) is 0 Å². The summed E-state index contributed by atoms with van der Waals surface area (Å²) in [6, 6.07) is 23.7. The quantitative estimate of drug-likeness (QED) is 0.424. The Balaban J connectivity index is 1.32. The molecule has 3 rings (SSSR count).